The zero-order chi connectivity index (χ0) is 19.2. The summed E-state index contributed by atoms with van der Waals surface area (Å²) in [5, 5.41) is 0. The normalized spacial score (nSPS) is 16.7. The summed E-state index contributed by atoms with van der Waals surface area (Å²) >= 11 is 6.49. The topological polar surface area (TPSA) is 38.8 Å². The lowest BCUT2D eigenvalue weighted by molar-refractivity contribution is -0.121. The van der Waals surface area contributed by atoms with Gasteiger partial charge in [-0.1, -0.05) is 67.3 Å². The summed E-state index contributed by atoms with van der Waals surface area (Å²) in [5.74, 6) is 1.73. The van der Waals surface area contributed by atoms with Gasteiger partial charge in [0.2, 0.25) is 0 Å². The molecule has 27 heavy (non-hydrogen) atoms. The van der Waals surface area contributed by atoms with Crippen LogP contribution in [0.1, 0.15) is 12.5 Å². The van der Waals surface area contributed by atoms with Crippen molar-refractivity contribution < 1.29 is 14.3 Å². The molecule has 2 aromatic carbocycles. The molecule has 1 atom stereocenters. The highest BCUT2D eigenvalue weighted by Gasteiger charge is 2.28. The summed E-state index contributed by atoms with van der Waals surface area (Å²) in [5.41, 5.74) is 0.864. The number of thiocarbonyl (C=S) groups is 1. The number of carbonyl (C=O) groups excluding carboxylic acids is 1. The number of amides is 1. The van der Waals surface area contributed by atoms with Gasteiger partial charge >= 0.3 is 0 Å². The Bertz CT molecular complexity index is 852. The largest absolute Gasteiger partial charge is 0.493 e. The summed E-state index contributed by atoms with van der Waals surface area (Å²) in [6.07, 6.45) is 1.84. The van der Waals surface area contributed by atoms with E-state index in [1.54, 1.807) is 7.05 Å². The summed E-state index contributed by atoms with van der Waals surface area (Å²) in [4.78, 5) is 14.3. The number of para-hydroxylation sites is 2. The summed E-state index contributed by atoms with van der Waals surface area (Å²) < 4.78 is 12.3. The van der Waals surface area contributed by atoms with E-state index >= 15 is 0 Å². The lowest BCUT2D eigenvalue weighted by Gasteiger charge is -2.15. The molecule has 1 aliphatic heterocycles. The molecule has 140 valence electrons. The molecule has 1 amide bonds. The molecule has 4 nitrogen and oxygen atoms in total. The molecule has 0 N–H and O–H groups in total. The van der Waals surface area contributed by atoms with Crippen molar-refractivity contribution in [2.24, 2.45) is 5.92 Å². The van der Waals surface area contributed by atoms with Gasteiger partial charge < -0.3 is 9.47 Å². The third-order valence-corrected chi connectivity index (χ3v) is 5.48. The van der Waals surface area contributed by atoms with Gasteiger partial charge in [0.1, 0.15) is 15.8 Å². The van der Waals surface area contributed by atoms with Crippen LogP contribution in [-0.4, -0.2) is 35.4 Å². The molecule has 2 aromatic rings. The molecule has 0 aliphatic carbocycles. The van der Waals surface area contributed by atoms with Crippen molar-refractivity contribution in [3.05, 3.63) is 65.1 Å². The van der Waals surface area contributed by atoms with Crippen LogP contribution in [0.15, 0.2) is 59.5 Å². The molecule has 0 spiro atoms. The van der Waals surface area contributed by atoms with E-state index in [9.17, 15) is 4.79 Å². The van der Waals surface area contributed by atoms with E-state index in [-0.39, 0.29) is 11.8 Å². The Morgan fingerprint density at radius 1 is 1.07 bits per heavy atom. The Kier molecular flexibility index (Phi) is 6.53. The maximum absolute atomic E-state index is 12.2. The zero-order valence-corrected chi connectivity index (χ0v) is 16.9. The van der Waals surface area contributed by atoms with Crippen molar-refractivity contribution in [3.8, 4) is 11.5 Å². The third kappa shape index (κ3) is 5.11. The maximum atomic E-state index is 12.2. The van der Waals surface area contributed by atoms with Crippen LogP contribution in [0.5, 0.6) is 11.5 Å². The molecule has 1 fully saturated rings. The van der Waals surface area contributed by atoms with Gasteiger partial charge in [-0.3, -0.25) is 9.69 Å². The fraction of sp³-hybridized carbons (Fsp3) is 0.238. The van der Waals surface area contributed by atoms with Crippen molar-refractivity contribution in [3.63, 3.8) is 0 Å². The molecule has 6 heteroatoms. The predicted octanol–water partition coefficient (Wildman–Crippen LogP) is 4.61. The Morgan fingerprint density at radius 3 is 2.44 bits per heavy atom. The molecular formula is C21H21NO3S2. The molecule has 0 bridgehead atoms. The molecule has 1 unspecified atom stereocenters. The van der Waals surface area contributed by atoms with Crippen LogP contribution in [0, 0.1) is 5.92 Å². The average Bonchev–Trinajstić information content (AvgIpc) is 2.93. The van der Waals surface area contributed by atoms with Gasteiger partial charge in [-0.25, -0.2) is 0 Å². The molecular weight excluding hydrogens is 378 g/mol. The summed E-state index contributed by atoms with van der Waals surface area (Å²) in [6.45, 7) is 3.17. The number of likely N-dealkylation sites (N-methyl/N-ethyl adjacent to an activating group) is 1. The summed E-state index contributed by atoms with van der Waals surface area (Å²) in [6, 6.07) is 17.4. The molecule has 1 saturated heterocycles. The van der Waals surface area contributed by atoms with Crippen molar-refractivity contribution in [1.29, 1.82) is 0 Å². The van der Waals surface area contributed by atoms with Crippen LogP contribution < -0.4 is 9.47 Å². The number of hydrogen-bond acceptors (Lipinski definition) is 5. The number of benzene rings is 2. The molecule has 1 aliphatic rings. The molecule has 3 rings (SSSR count). The Labute approximate surface area is 169 Å². The van der Waals surface area contributed by atoms with E-state index in [0.717, 1.165) is 17.1 Å². The van der Waals surface area contributed by atoms with Gasteiger partial charge in [0.05, 0.1) is 18.1 Å². The molecule has 1 heterocycles. The SMILES string of the molecule is CC(COc1ccccc1)COc1ccccc1C=C1SC(=S)N(C)C1=O. The van der Waals surface area contributed by atoms with E-state index in [4.69, 9.17) is 21.7 Å². The second kappa shape index (κ2) is 9.06. The number of rotatable bonds is 7. The van der Waals surface area contributed by atoms with E-state index in [2.05, 4.69) is 6.92 Å². The highest BCUT2D eigenvalue weighted by atomic mass is 32.2. The van der Waals surface area contributed by atoms with Crippen molar-refractivity contribution in [1.82, 2.24) is 4.90 Å². The quantitative estimate of drug-likeness (QED) is 0.502. The van der Waals surface area contributed by atoms with Crippen LogP contribution in [0.25, 0.3) is 6.08 Å². The van der Waals surface area contributed by atoms with Crippen molar-refractivity contribution in [2.75, 3.05) is 20.3 Å². The number of thioether (sulfide) groups is 1. The lowest BCUT2D eigenvalue weighted by Crippen LogP contribution is -2.22. The first kappa shape index (κ1) is 19.5. The number of hydrogen-bond donors (Lipinski definition) is 0. The number of carbonyl (C=O) groups is 1. The van der Waals surface area contributed by atoms with Gasteiger partial charge in [-0.05, 0) is 24.3 Å². The smallest absolute Gasteiger partial charge is 0.265 e. The highest BCUT2D eigenvalue weighted by molar-refractivity contribution is 8.26. The van der Waals surface area contributed by atoms with Gasteiger partial charge in [-0.15, -0.1) is 0 Å². The van der Waals surface area contributed by atoms with E-state index in [1.807, 2.05) is 60.7 Å². The Hall–Kier alpha value is -2.31. The van der Waals surface area contributed by atoms with E-state index in [1.165, 1.54) is 16.7 Å². The van der Waals surface area contributed by atoms with Crippen LogP contribution >= 0.6 is 24.0 Å². The minimum atomic E-state index is -0.0792. The van der Waals surface area contributed by atoms with E-state index in [0.29, 0.717) is 22.4 Å². The fourth-order valence-corrected chi connectivity index (χ4v) is 3.62. The second-order valence-corrected chi connectivity index (χ2v) is 7.99. The molecule has 0 saturated carbocycles. The zero-order valence-electron chi connectivity index (χ0n) is 15.3. The van der Waals surface area contributed by atoms with Crippen LogP contribution in [0.3, 0.4) is 0 Å². The lowest BCUT2D eigenvalue weighted by atomic mass is 10.1. The minimum absolute atomic E-state index is 0.0792. The minimum Gasteiger partial charge on any atom is -0.493 e. The van der Waals surface area contributed by atoms with Gasteiger partial charge in [-0.2, -0.15) is 0 Å². The molecule has 0 radical (unpaired) electrons. The van der Waals surface area contributed by atoms with Gasteiger partial charge in [0, 0.05) is 18.5 Å². The fourth-order valence-electron chi connectivity index (χ4n) is 2.45. The van der Waals surface area contributed by atoms with Crippen LogP contribution in [-0.2, 0) is 4.79 Å². The number of nitrogens with zero attached hydrogens (tertiary/aromatic N) is 1. The average molecular weight is 400 g/mol. The second-order valence-electron chi connectivity index (χ2n) is 6.32. The van der Waals surface area contributed by atoms with Crippen LogP contribution in [0.4, 0.5) is 0 Å². The van der Waals surface area contributed by atoms with Gasteiger partial charge in [0.25, 0.3) is 5.91 Å². The summed E-state index contributed by atoms with van der Waals surface area (Å²) in [7, 11) is 1.69. The standard InChI is InChI=1S/C21H21NO3S2/c1-15(13-24-17-9-4-3-5-10-17)14-25-18-11-7-6-8-16(18)12-19-20(23)22(2)21(26)27-19/h3-12,15H,13-14H2,1-2H3. The first-order chi connectivity index (χ1) is 13.0. The Balaban J connectivity index is 1.61. The maximum Gasteiger partial charge on any atom is 0.265 e. The molecule has 0 aromatic heterocycles. The first-order valence-electron chi connectivity index (χ1n) is 8.66. The van der Waals surface area contributed by atoms with E-state index < -0.39 is 0 Å². The van der Waals surface area contributed by atoms with Crippen LogP contribution in [0.2, 0.25) is 0 Å². The first-order valence-corrected chi connectivity index (χ1v) is 9.88. The monoisotopic (exact) mass is 399 g/mol. The Morgan fingerprint density at radius 2 is 1.74 bits per heavy atom. The predicted molar refractivity (Wildman–Crippen MR) is 114 cm³/mol. The van der Waals surface area contributed by atoms with Gasteiger partial charge in [0.15, 0.2) is 0 Å². The highest BCUT2D eigenvalue weighted by Crippen LogP contribution is 2.33. The van der Waals surface area contributed by atoms with Crippen molar-refractivity contribution >= 4 is 40.3 Å². The third-order valence-electron chi connectivity index (χ3n) is 3.99. The van der Waals surface area contributed by atoms with Crippen molar-refractivity contribution in [2.45, 2.75) is 6.92 Å². The number of ether oxygens (including phenoxy) is 2.